The molecule has 3 N–H and O–H groups in total. The highest BCUT2D eigenvalue weighted by Gasteiger charge is 2.39. The highest BCUT2D eigenvalue weighted by Crippen LogP contribution is 2.35. The van der Waals surface area contributed by atoms with Crippen LogP contribution in [0.2, 0.25) is 0 Å². The van der Waals surface area contributed by atoms with Crippen molar-refractivity contribution in [1.82, 2.24) is 9.03 Å². The third kappa shape index (κ3) is 4.01. The van der Waals surface area contributed by atoms with Gasteiger partial charge in [0.25, 0.3) is 10.2 Å². The molecule has 5 nitrogen and oxygen atoms in total. The van der Waals surface area contributed by atoms with E-state index in [0.717, 1.165) is 19.3 Å². The maximum atomic E-state index is 11.8. The highest BCUT2D eigenvalue weighted by atomic mass is 32.2. The Morgan fingerprint density at radius 2 is 2.19 bits per heavy atom. The summed E-state index contributed by atoms with van der Waals surface area (Å²) < 4.78 is 27.7. The highest BCUT2D eigenvalue weighted by molar-refractivity contribution is 7.87. The first-order chi connectivity index (χ1) is 7.51. The zero-order chi connectivity index (χ0) is 12.2. The van der Waals surface area contributed by atoms with Crippen LogP contribution in [0.5, 0.6) is 0 Å². The van der Waals surface area contributed by atoms with Crippen molar-refractivity contribution in [3.8, 4) is 0 Å². The van der Waals surface area contributed by atoms with Crippen molar-refractivity contribution in [2.45, 2.75) is 38.6 Å². The number of rotatable bonds is 8. The fraction of sp³-hybridized carbons (Fsp3) is 1.00. The molecule has 0 radical (unpaired) electrons. The zero-order valence-electron chi connectivity index (χ0n) is 10.1. The summed E-state index contributed by atoms with van der Waals surface area (Å²) in [5.74, 6) is 0.544. The fourth-order valence-electron chi connectivity index (χ4n) is 1.80. The van der Waals surface area contributed by atoms with Gasteiger partial charge in [0.1, 0.15) is 0 Å². The quantitative estimate of drug-likeness (QED) is 0.649. The average molecular weight is 249 g/mol. The van der Waals surface area contributed by atoms with Crippen LogP contribution in [0.3, 0.4) is 0 Å². The molecule has 96 valence electrons. The van der Waals surface area contributed by atoms with E-state index < -0.39 is 10.2 Å². The molecular formula is C10H23N3O2S. The lowest BCUT2D eigenvalue weighted by atomic mass is 10.2. The molecule has 0 aromatic rings. The van der Waals surface area contributed by atoms with Gasteiger partial charge in [-0.05, 0) is 31.7 Å². The Balaban J connectivity index is 2.35. The van der Waals surface area contributed by atoms with Crippen molar-refractivity contribution in [2.24, 2.45) is 11.7 Å². The van der Waals surface area contributed by atoms with Gasteiger partial charge in [-0.3, -0.25) is 0 Å². The van der Waals surface area contributed by atoms with Gasteiger partial charge in [0.2, 0.25) is 0 Å². The van der Waals surface area contributed by atoms with E-state index in [4.69, 9.17) is 5.73 Å². The Hall–Kier alpha value is -0.170. The molecule has 0 aromatic heterocycles. The van der Waals surface area contributed by atoms with Gasteiger partial charge < -0.3 is 5.73 Å². The van der Waals surface area contributed by atoms with E-state index in [1.165, 1.54) is 4.31 Å². The molecule has 2 atom stereocenters. The molecule has 0 amide bonds. The topological polar surface area (TPSA) is 75.4 Å². The second-order valence-corrected chi connectivity index (χ2v) is 6.29. The number of nitrogens with one attached hydrogen (secondary N) is 1. The van der Waals surface area contributed by atoms with Gasteiger partial charge >= 0.3 is 0 Å². The number of hydrogen-bond acceptors (Lipinski definition) is 3. The fourth-order valence-corrected chi connectivity index (χ4v) is 3.02. The van der Waals surface area contributed by atoms with Crippen LogP contribution in [0.1, 0.15) is 32.6 Å². The second-order valence-electron chi connectivity index (χ2n) is 4.48. The summed E-state index contributed by atoms with van der Waals surface area (Å²) in [5.41, 5.74) is 5.35. The molecule has 1 rings (SSSR count). The van der Waals surface area contributed by atoms with Crippen LogP contribution in [-0.4, -0.2) is 38.9 Å². The standard InChI is InChI=1S/C10H23N3O2S/c1-3-5-9-8-10(9)12-16(14,15)13(2)7-4-6-11/h9-10,12H,3-8,11H2,1-2H3. The lowest BCUT2D eigenvalue weighted by Crippen LogP contribution is -2.40. The Morgan fingerprint density at radius 3 is 2.75 bits per heavy atom. The minimum Gasteiger partial charge on any atom is -0.330 e. The number of nitrogens with two attached hydrogens (primary N) is 1. The van der Waals surface area contributed by atoms with Crippen LogP contribution in [0.25, 0.3) is 0 Å². The molecule has 16 heavy (non-hydrogen) atoms. The van der Waals surface area contributed by atoms with Crippen molar-refractivity contribution in [1.29, 1.82) is 0 Å². The van der Waals surface area contributed by atoms with Gasteiger partial charge in [-0.25, -0.2) is 0 Å². The Morgan fingerprint density at radius 1 is 1.50 bits per heavy atom. The van der Waals surface area contributed by atoms with Crippen molar-refractivity contribution in [3.63, 3.8) is 0 Å². The van der Waals surface area contributed by atoms with Gasteiger partial charge in [-0.2, -0.15) is 17.4 Å². The molecule has 0 aromatic carbocycles. The van der Waals surface area contributed by atoms with E-state index in [1.807, 2.05) is 0 Å². The van der Waals surface area contributed by atoms with E-state index in [1.54, 1.807) is 7.05 Å². The lowest BCUT2D eigenvalue weighted by Gasteiger charge is -2.17. The van der Waals surface area contributed by atoms with Crippen LogP contribution >= 0.6 is 0 Å². The summed E-state index contributed by atoms with van der Waals surface area (Å²) in [6.07, 6.45) is 3.91. The maximum absolute atomic E-state index is 11.8. The van der Waals surface area contributed by atoms with Crippen LogP contribution in [0, 0.1) is 5.92 Å². The van der Waals surface area contributed by atoms with Crippen LogP contribution in [0.4, 0.5) is 0 Å². The summed E-state index contributed by atoms with van der Waals surface area (Å²) in [7, 11) is -1.70. The largest absolute Gasteiger partial charge is 0.330 e. The van der Waals surface area contributed by atoms with E-state index in [0.29, 0.717) is 25.4 Å². The van der Waals surface area contributed by atoms with Crippen LogP contribution in [-0.2, 0) is 10.2 Å². The molecule has 2 unspecified atom stereocenters. The molecule has 1 fully saturated rings. The van der Waals surface area contributed by atoms with Gasteiger partial charge in [-0.15, -0.1) is 0 Å². The zero-order valence-corrected chi connectivity index (χ0v) is 11.0. The average Bonchev–Trinajstić information content (AvgIpc) is 2.92. The summed E-state index contributed by atoms with van der Waals surface area (Å²) in [4.78, 5) is 0. The Labute approximate surface area is 98.6 Å². The Bertz CT molecular complexity index is 305. The van der Waals surface area contributed by atoms with Crippen molar-refractivity contribution < 1.29 is 8.42 Å². The molecule has 1 aliphatic carbocycles. The number of hydrogen-bond donors (Lipinski definition) is 2. The lowest BCUT2D eigenvalue weighted by molar-refractivity contribution is 0.450. The van der Waals surface area contributed by atoms with Crippen molar-refractivity contribution in [3.05, 3.63) is 0 Å². The predicted octanol–water partition coefficient (Wildman–Crippen LogP) is 0.290. The van der Waals surface area contributed by atoms with Crippen LogP contribution in [0.15, 0.2) is 0 Å². The molecule has 1 saturated carbocycles. The summed E-state index contributed by atoms with van der Waals surface area (Å²) in [6, 6.07) is 0.158. The molecule has 1 aliphatic rings. The van der Waals surface area contributed by atoms with Gasteiger partial charge in [0.05, 0.1) is 0 Å². The molecule has 0 bridgehead atoms. The van der Waals surface area contributed by atoms with E-state index in [-0.39, 0.29) is 6.04 Å². The summed E-state index contributed by atoms with van der Waals surface area (Å²) in [6.45, 7) is 3.12. The van der Waals surface area contributed by atoms with E-state index in [2.05, 4.69) is 11.6 Å². The molecule has 0 spiro atoms. The summed E-state index contributed by atoms with van der Waals surface area (Å²) in [5, 5.41) is 0. The van der Waals surface area contributed by atoms with Gasteiger partial charge in [-0.1, -0.05) is 13.3 Å². The number of nitrogens with zero attached hydrogens (tertiary/aromatic N) is 1. The molecule has 6 heteroatoms. The summed E-state index contributed by atoms with van der Waals surface area (Å²) >= 11 is 0. The monoisotopic (exact) mass is 249 g/mol. The molecule has 0 aliphatic heterocycles. The molecule has 0 heterocycles. The minimum atomic E-state index is -3.29. The van der Waals surface area contributed by atoms with Gasteiger partial charge in [0.15, 0.2) is 0 Å². The first kappa shape index (κ1) is 13.9. The second kappa shape index (κ2) is 5.95. The normalized spacial score (nSPS) is 25.0. The van der Waals surface area contributed by atoms with Crippen molar-refractivity contribution >= 4 is 10.2 Å². The van der Waals surface area contributed by atoms with E-state index >= 15 is 0 Å². The smallest absolute Gasteiger partial charge is 0.279 e. The van der Waals surface area contributed by atoms with E-state index in [9.17, 15) is 8.42 Å². The first-order valence-corrected chi connectivity index (χ1v) is 7.39. The van der Waals surface area contributed by atoms with Crippen molar-refractivity contribution in [2.75, 3.05) is 20.1 Å². The third-order valence-electron chi connectivity index (χ3n) is 2.97. The Kier molecular flexibility index (Phi) is 5.17. The third-order valence-corrected chi connectivity index (χ3v) is 4.57. The van der Waals surface area contributed by atoms with Crippen LogP contribution < -0.4 is 10.5 Å². The maximum Gasteiger partial charge on any atom is 0.279 e. The predicted molar refractivity (Wildman–Crippen MR) is 65.2 cm³/mol. The first-order valence-electron chi connectivity index (χ1n) is 5.95. The SMILES string of the molecule is CCCC1CC1NS(=O)(=O)N(C)CCCN. The molecular weight excluding hydrogens is 226 g/mol. The van der Waals surface area contributed by atoms with Gasteiger partial charge in [0, 0.05) is 19.6 Å². The minimum absolute atomic E-state index is 0.158. The molecule has 0 saturated heterocycles.